The second-order valence-electron chi connectivity index (χ2n) is 13.9. The Labute approximate surface area is 253 Å². The van der Waals surface area contributed by atoms with Gasteiger partial charge in [0, 0.05) is 36.7 Å². The lowest BCUT2D eigenvalue weighted by Gasteiger charge is -2.28. The summed E-state index contributed by atoms with van der Waals surface area (Å²) in [6.07, 6.45) is 3.38. The Morgan fingerprint density at radius 3 is 2.58 bits per heavy atom. The van der Waals surface area contributed by atoms with Crippen LogP contribution >= 0.6 is 0 Å². The molecule has 1 fully saturated rings. The Morgan fingerprint density at radius 2 is 1.91 bits per heavy atom. The van der Waals surface area contributed by atoms with Crippen molar-refractivity contribution in [3.8, 4) is 11.5 Å². The first-order valence-electron chi connectivity index (χ1n) is 15.2. The van der Waals surface area contributed by atoms with E-state index >= 15 is 0 Å². The summed E-state index contributed by atoms with van der Waals surface area (Å²) in [7, 11) is 1.97. The Kier molecular flexibility index (Phi) is 6.97. The van der Waals surface area contributed by atoms with E-state index in [9.17, 15) is 9.59 Å². The van der Waals surface area contributed by atoms with Gasteiger partial charge in [0.1, 0.15) is 28.8 Å². The van der Waals surface area contributed by atoms with E-state index < -0.39 is 5.60 Å². The molecule has 0 saturated heterocycles. The molecular weight excluding hydrogens is 544 g/mol. The molecule has 0 bridgehead atoms. The molecule has 5 heterocycles. The summed E-state index contributed by atoms with van der Waals surface area (Å²) in [5.41, 5.74) is 2.08. The molecule has 1 aliphatic carbocycles. The van der Waals surface area contributed by atoms with Crippen LogP contribution in [0.2, 0.25) is 0 Å². The van der Waals surface area contributed by atoms with E-state index in [-0.39, 0.29) is 36.2 Å². The number of hydrogen-bond donors (Lipinski definition) is 0. The van der Waals surface area contributed by atoms with Crippen LogP contribution in [0.1, 0.15) is 95.2 Å². The summed E-state index contributed by atoms with van der Waals surface area (Å²) in [6.45, 7) is 14.7. The number of amides is 2. The fourth-order valence-corrected chi connectivity index (χ4v) is 5.83. The molecule has 11 heteroatoms. The van der Waals surface area contributed by atoms with Crippen molar-refractivity contribution in [3.05, 3.63) is 46.9 Å². The minimum Gasteiger partial charge on any atom is -0.444 e. The highest BCUT2D eigenvalue weighted by Crippen LogP contribution is 2.38. The normalized spacial score (nSPS) is 17.3. The molecule has 1 saturated carbocycles. The molecule has 2 aliphatic heterocycles. The number of pyridine rings is 2. The van der Waals surface area contributed by atoms with Gasteiger partial charge in [-0.3, -0.25) is 14.6 Å². The average molecular weight is 587 g/mol. The molecule has 0 atom stereocenters. The lowest BCUT2D eigenvalue weighted by molar-refractivity contribution is 0.0214. The summed E-state index contributed by atoms with van der Waals surface area (Å²) < 4.78 is 7.93. The SMILES string of the molecule is CC(C)N(C)c1cc2c(c(CN(C(=O)OC(C)(C)C)C3CC3)n1)CN(c1cccc(-c3nnc4n3C(C)(C)CC4)n1)C2=O. The van der Waals surface area contributed by atoms with Crippen LogP contribution < -0.4 is 9.80 Å². The lowest BCUT2D eigenvalue weighted by atomic mass is 10.0. The van der Waals surface area contributed by atoms with Crippen molar-refractivity contribution in [1.82, 2.24) is 29.6 Å². The molecule has 11 nitrogen and oxygen atoms in total. The molecule has 2 amide bonds. The highest BCUT2D eigenvalue weighted by Gasteiger charge is 2.39. The van der Waals surface area contributed by atoms with Gasteiger partial charge in [0.15, 0.2) is 5.82 Å². The van der Waals surface area contributed by atoms with Gasteiger partial charge in [-0.05, 0) is 85.9 Å². The molecule has 6 rings (SSSR count). The van der Waals surface area contributed by atoms with Crippen molar-refractivity contribution < 1.29 is 14.3 Å². The number of fused-ring (bicyclic) bond motifs is 2. The summed E-state index contributed by atoms with van der Waals surface area (Å²) in [5.74, 6) is 2.78. The highest BCUT2D eigenvalue weighted by atomic mass is 16.6. The Hall–Kier alpha value is -4.02. The van der Waals surface area contributed by atoms with Crippen molar-refractivity contribution in [2.24, 2.45) is 0 Å². The van der Waals surface area contributed by atoms with Gasteiger partial charge < -0.3 is 14.2 Å². The third-order valence-corrected chi connectivity index (χ3v) is 8.60. The number of hydrogen-bond acceptors (Lipinski definition) is 8. The van der Waals surface area contributed by atoms with E-state index in [1.165, 1.54) is 0 Å². The maximum atomic E-state index is 14.0. The quantitative estimate of drug-likeness (QED) is 0.366. The molecule has 43 heavy (non-hydrogen) atoms. The molecule has 0 spiro atoms. The molecule has 3 aromatic rings. The zero-order valence-corrected chi connectivity index (χ0v) is 26.5. The minimum atomic E-state index is -0.609. The highest BCUT2D eigenvalue weighted by molar-refractivity contribution is 6.10. The molecule has 0 unspecified atom stereocenters. The predicted octanol–water partition coefficient (Wildman–Crippen LogP) is 5.32. The smallest absolute Gasteiger partial charge is 0.410 e. The number of anilines is 2. The van der Waals surface area contributed by atoms with Crippen molar-refractivity contribution in [2.45, 2.75) is 110 Å². The van der Waals surface area contributed by atoms with Crippen LogP contribution in [0.15, 0.2) is 24.3 Å². The third kappa shape index (κ3) is 5.45. The molecule has 0 aromatic carbocycles. The summed E-state index contributed by atoms with van der Waals surface area (Å²) in [6, 6.07) is 7.83. The van der Waals surface area contributed by atoms with Crippen LogP contribution in [-0.4, -0.2) is 66.4 Å². The summed E-state index contributed by atoms with van der Waals surface area (Å²) in [5, 5.41) is 8.89. The predicted molar refractivity (Wildman–Crippen MR) is 164 cm³/mol. The average Bonchev–Trinajstić information content (AvgIpc) is 3.47. The second kappa shape index (κ2) is 10.3. The van der Waals surface area contributed by atoms with Gasteiger partial charge in [0.25, 0.3) is 5.91 Å². The van der Waals surface area contributed by atoms with Crippen molar-refractivity contribution in [1.29, 1.82) is 0 Å². The maximum Gasteiger partial charge on any atom is 0.410 e. The van der Waals surface area contributed by atoms with Crippen LogP contribution in [0, 0.1) is 0 Å². The first kappa shape index (κ1) is 29.1. The Bertz CT molecular complexity index is 1580. The van der Waals surface area contributed by atoms with Crippen LogP contribution in [0.3, 0.4) is 0 Å². The van der Waals surface area contributed by atoms with Gasteiger partial charge in [0.2, 0.25) is 0 Å². The van der Waals surface area contributed by atoms with Crippen molar-refractivity contribution in [2.75, 3.05) is 16.8 Å². The number of aryl methyl sites for hydroxylation is 1. The van der Waals surface area contributed by atoms with E-state index in [4.69, 9.17) is 14.7 Å². The lowest BCUT2D eigenvalue weighted by Crippen LogP contribution is -2.38. The van der Waals surface area contributed by atoms with Gasteiger partial charge in [-0.1, -0.05) is 6.07 Å². The molecule has 3 aromatic heterocycles. The number of rotatable bonds is 7. The van der Waals surface area contributed by atoms with Gasteiger partial charge in [-0.15, -0.1) is 10.2 Å². The van der Waals surface area contributed by atoms with Gasteiger partial charge >= 0.3 is 6.09 Å². The van der Waals surface area contributed by atoms with Gasteiger partial charge in [0.05, 0.1) is 24.3 Å². The number of carbonyl (C=O) groups is 2. The molecule has 0 radical (unpaired) electrons. The number of nitrogens with zero attached hydrogens (tertiary/aromatic N) is 8. The first-order valence-corrected chi connectivity index (χ1v) is 15.2. The van der Waals surface area contributed by atoms with E-state index in [1.54, 1.807) is 9.80 Å². The number of ether oxygens (including phenoxy) is 1. The Balaban J connectivity index is 1.36. The van der Waals surface area contributed by atoms with Gasteiger partial charge in [-0.25, -0.2) is 14.8 Å². The second-order valence-corrected chi connectivity index (χ2v) is 13.9. The topological polar surface area (TPSA) is 110 Å². The third-order valence-electron chi connectivity index (χ3n) is 8.60. The zero-order valence-electron chi connectivity index (χ0n) is 26.5. The monoisotopic (exact) mass is 586 g/mol. The number of aromatic nitrogens is 5. The minimum absolute atomic E-state index is 0.105. The van der Waals surface area contributed by atoms with Gasteiger partial charge in [-0.2, -0.15) is 0 Å². The standard InChI is InChI=1S/C32H42N8O3/c1-19(2)37(8)27-16-21-22(24(34-27)18-38(20-12-13-20)30(42)43-31(3,4)5)17-39(29(21)41)25-11-9-10-23(33-25)28-36-35-26-14-15-32(6,7)40(26)28/h9-11,16,19-20H,12-15,17-18H2,1-8H3. The van der Waals surface area contributed by atoms with Crippen LogP contribution in [-0.2, 0) is 29.8 Å². The summed E-state index contributed by atoms with van der Waals surface area (Å²) in [4.78, 5) is 42.8. The van der Waals surface area contributed by atoms with E-state index in [0.717, 1.165) is 37.1 Å². The maximum absolute atomic E-state index is 14.0. The molecule has 0 N–H and O–H groups in total. The number of carbonyl (C=O) groups excluding carboxylic acids is 2. The first-order chi connectivity index (χ1) is 20.2. The summed E-state index contributed by atoms with van der Waals surface area (Å²) >= 11 is 0. The molecular formula is C32H42N8O3. The molecule has 228 valence electrons. The van der Waals surface area contributed by atoms with Crippen LogP contribution in [0.5, 0.6) is 0 Å². The molecule has 3 aliphatic rings. The van der Waals surface area contributed by atoms with Crippen LogP contribution in [0.25, 0.3) is 11.5 Å². The fraction of sp³-hybridized carbons (Fsp3) is 0.562. The van der Waals surface area contributed by atoms with E-state index in [1.807, 2.05) is 57.0 Å². The van der Waals surface area contributed by atoms with E-state index in [2.05, 4.69) is 42.5 Å². The van der Waals surface area contributed by atoms with E-state index in [0.29, 0.717) is 41.0 Å². The zero-order chi connectivity index (χ0) is 30.8. The van der Waals surface area contributed by atoms with Crippen molar-refractivity contribution >= 4 is 23.6 Å². The van der Waals surface area contributed by atoms with Crippen LogP contribution in [0.4, 0.5) is 16.4 Å². The fourth-order valence-electron chi connectivity index (χ4n) is 5.83. The largest absolute Gasteiger partial charge is 0.444 e. The van der Waals surface area contributed by atoms with Crippen molar-refractivity contribution in [3.63, 3.8) is 0 Å². The Morgan fingerprint density at radius 1 is 1.16 bits per heavy atom.